The molecule has 0 aromatic heterocycles. The third-order valence-corrected chi connectivity index (χ3v) is 29.1. The summed E-state index contributed by atoms with van der Waals surface area (Å²) in [6.07, 6.45) is 9.46. The van der Waals surface area contributed by atoms with Crippen molar-refractivity contribution in [3.63, 3.8) is 0 Å². The summed E-state index contributed by atoms with van der Waals surface area (Å²) in [5.41, 5.74) is 0.804. The van der Waals surface area contributed by atoms with E-state index in [1.165, 1.54) is 25.7 Å². The van der Waals surface area contributed by atoms with Crippen molar-refractivity contribution in [2.45, 2.75) is 72.9 Å². The molecule has 0 saturated heterocycles. The molecule has 0 radical (unpaired) electrons. The van der Waals surface area contributed by atoms with Crippen LogP contribution in [-0.2, 0) is 26.6 Å². The molecule has 202 valence electrons. The van der Waals surface area contributed by atoms with Gasteiger partial charge in [0.1, 0.15) is 0 Å². The first-order valence-electron chi connectivity index (χ1n) is 11.2. The average Bonchev–Trinajstić information content (AvgIpc) is 2.89. The Hall–Kier alpha value is 2.99. The molecule has 2 fully saturated rings. The molecule has 0 spiro atoms. The highest BCUT2D eigenvalue weighted by Gasteiger charge is 2.50. The first kappa shape index (κ1) is 33.2. The second-order valence-electron chi connectivity index (χ2n) is 8.00. The molecule has 2 saturated carbocycles. The molecule has 0 N–H and O–H groups in total. The lowest BCUT2D eigenvalue weighted by Crippen LogP contribution is -2.49. The Kier molecular flexibility index (Phi) is 17.9. The van der Waals surface area contributed by atoms with Gasteiger partial charge in [-0.2, -0.15) is 0 Å². The van der Waals surface area contributed by atoms with Gasteiger partial charge in [-0.3, -0.25) is 0 Å². The van der Waals surface area contributed by atoms with E-state index in [9.17, 15) is 0 Å². The first-order valence-corrected chi connectivity index (χ1v) is 25.0. The molecule has 2 aliphatic rings. The van der Waals surface area contributed by atoms with Gasteiger partial charge in [-0.05, 0) is 97.5 Å². The van der Waals surface area contributed by atoms with Crippen LogP contribution in [0.3, 0.4) is 0 Å². The Bertz CT molecular complexity index is 490. The molecule has 2 rings (SSSR count). The van der Waals surface area contributed by atoms with Crippen LogP contribution >= 0.6 is 80.5 Å². The lowest BCUT2D eigenvalue weighted by molar-refractivity contribution is 0.104. The van der Waals surface area contributed by atoms with E-state index in [0.29, 0.717) is 21.6 Å². The zero-order chi connectivity index (χ0) is 24.9. The topological polar surface area (TPSA) is 55.4 Å². The smallest absolute Gasteiger partial charge is 0.377 e. The molecule has 34 heavy (non-hydrogen) atoms. The van der Waals surface area contributed by atoms with Crippen molar-refractivity contribution in [2.24, 2.45) is 0 Å². The molecule has 6 nitrogen and oxygen atoms in total. The predicted molar refractivity (Wildman–Crippen MR) is 166 cm³/mol. The summed E-state index contributed by atoms with van der Waals surface area (Å²) in [5.74, 6) is 0. The second-order valence-corrected chi connectivity index (χ2v) is 28.0. The van der Waals surface area contributed by atoms with E-state index in [1.807, 2.05) is 80.5 Å². The minimum Gasteiger partial charge on any atom is -0.377 e. The van der Waals surface area contributed by atoms with Crippen molar-refractivity contribution in [3.8, 4) is 0 Å². The standard InChI is InChI=1S/C18H38O6S8Si2/c1-19-33(20-2,21-3)17-11-7-9-15(13-17)25-27-29-31-32-30-28-26-16-10-8-12-18(14-16)34(22-4,23-5)24-6/h15-18H,7-14H2,1-6H3. The SMILES string of the molecule is CO[Si](OC)(OC)C1CCCC(SSSSSSSSC2CCCC([Si](OC)(OC)OC)C2)C1. The molecule has 0 amide bonds. The van der Waals surface area contributed by atoms with Crippen LogP contribution in [0.5, 0.6) is 0 Å². The second kappa shape index (κ2) is 18.4. The van der Waals surface area contributed by atoms with Gasteiger partial charge in [0.15, 0.2) is 0 Å². The highest BCUT2D eigenvalue weighted by atomic mass is 34.0. The summed E-state index contributed by atoms with van der Waals surface area (Å²) in [4.78, 5) is 0. The van der Waals surface area contributed by atoms with Gasteiger partial charge in [-0.15, -0.1) is 0 Å². The maximum Gasteiger partial charge on any atom is 0.503 e. The van der Waals surface area contributed by atoms with Crippen LogP contribution in [0, 0.1) is 0 Å². The summed E-state index contributed by atoms with van der Waals surface area (Å²) in [6.45, 7) is 0. The van der Waals surface area contributed by atoms with E-state index in [0.717, 1.165) is 25.7 Å². The molecule has 2 aliphatic carbocycles. The van der Waals surface area contributed by atoms with Crippen molar-refractivity contribution < 1.29 is 26.6 Å². The van der Waals surface area contributed by atoms with Crippen molar-refractivity contribution in [3.05, 3.63) is 0 Å². The van der Waals surface area contributed by atoms with Crippen LogP contribution in [0.15, 0.2) is 0 Å². The van der Waals surface area contributed by atoms with Crippen LogP contribution in [0.4, 0.5) is 0 Å². The van der Waals surface area contributed by atoms with Gasteiger partial charge in [0.05, 0.1) is 0 Å². The lowest BCUT2D eigenvalue weighted by atomic mass is 9.99. The van der Waals surface area contributed by atoms with Crippen LogP contribution in [-0.4, -0.2) is 70.8 Å². The lowest BCUT2D eigenvalue weighted by Gasteiger charge is -2.37. The Morgan fingerprint density at radius 1 is 0.471 bits per heavy atom. The van der Waals surface area contributed by atoms with Crippen molar-refractivity contribution in [1.82, 2.24) is 0 Å². The van der Waals surface area contributed by atoms with Gasteiger partial charge in [-0.1, -0.05) is 34.4 Å². The number of hydrogen-bond acceptors (Lipinski definition) is 14. The van der Waals surface area contributed by atoms with E-state index in [2.05, 4.69) is 0 Å². The van der Waals surface area contributed by atoms with Crippen molar-refractivity contribution >= 4 is 98.2 Å². The molecule has 0 aromatic rings. The maximum atomic E-state index is 5.73. The highest BCUT2D eigenvalue weighted by Crippen LogP contribution is 2.60. The normalized spacial score (nSPS) is 26.6. The largest absolute Gasteiger partial charge is 0.503 e. The number of hydrogen-bond donors (Lipinski definition) is 0. The fraction of sp³-hybridized carbons (Fsp3) is 1.00. The number of rotatable bonds is 17. The van der Waals surface area contributed by atoms with E-state index in [4.69, 9.17) is 26.6 Å². The third kappa shape index (κ3) is 9.87. The minimum atomic E-state index is -2.53. The van der Waals surface area contributed by atoms with Crippen LogP contribution < -0.4 is 0 Å². The van der Waals surface area contributed by atoms with E-state index in [-0.39, 0.29) is 0 Å². The van der Waals surface area contributed by atoms with Crippen molar-refractivity contribution in [1.29, 1.82) is 0 Å². The molecule has 0 aliphatic heterocycles. The van der Waals surface area contributed by atoms with Gasteiger partial charge >= 0.3 is 17.6 Å². The Morgan fingerprint density at radius 2 is 0.794 bits per heavy atom. The Morgan fingerprint density at radius 3 is 1.12 bits per heavy atom. The van der Waals surface area contributed by atoms with Gasteiger partial charge < -0.3 is 26.6 Å². The molecule has 4 atom stereocenters. The van der Waals surface area contributed by atoms with E-state index in [1.54, 1.807) is 42.7 Å². The molecular formula is C18H38O6S8Si2. The average molecular weight is 663 g/mol. The fourth-order valence-corrected chi connectivity index (χ4v) is 29.0. The zero-order valence-corrected chi connectivity index (χ0v) is 29.2. The summed E-state index contributed by atoms with van der Waals surface area (Å²) in [7, 11) is 20.5. The fourth-order valence-electron chi connectivity index (χ4n) is 4.80. The van der Waals surface area contributed by atoms with Gasteiger partial charge in [0.2, 0.25) is 0 Å². The summed E-state index contributed by atoms with van der Waals surface area (Å²) in [5, 5.41) is 1.26. The Labute approximate surface area is 238 Å². The predicted octanol–water partition coefficient (Wildman–Crippen LogP) is 8.64. The summed E-state index contributed by atoms with van der Waals surface area (Å²) < 4.78 is 34.4. The molecule has 0 bridgehead atoms. The van der Waals surface area contributed by atoms with Crippen molar-refractivity contribution in [2.75, 3.05) is 42.7 Å². The third-order valence-electron chi connectivity index (χ3n) is 6.45. The van der Waals surface area contributed by atoms with E-state index >= 15 is 0 Å². The van der Waals surface area contributed by atoms with Gasteiger partial charge in [0, 0.05) is 64.2 Å². The molecule has 16 heteroatoms. The van der Waals surface area contributed by atoms with E-state index < -0.39 is 17.6 Å². The molecule has 0 aromatic carbocycles. The first-order chi connectivity index (χ1) is 16.5. The Balaban J connectivity index is 1.57. The molecule has 0 heterocycles. The molecular weight excluding hydrogens is 625 g/mol. The monoisotopic (exact) mass is 662 g/mol. The quantitative estimate of drug-likeness (QED) is 0.0848. The van der Waals surface area contributed by atoms with Crippen LogP contribution in [0.2, 0.25) is 11.1 Å². The summed E-state index contributed by atoms with van der Waals surface area (Å²) >= 11 is 0. The van der Waals surface area contributed by atoms with Crippen LogP contribution in [0.1, 0.15) is 51.4 Å². The minimum absolute atomic E-state index is 0.402. The van der Waals surface area contributed by atoms with Crippen LogP contribution in [0.25, 0.3) is 0 Å². The maximum absolute atomic E-state index is 5.73. The van der Waals surface area contributed by atoms with Gasteiger partial charge in [0.25, 0.3) is 0 Å². The highest BCUT2D eigenvalue weighted by molar-refractivity contribution is 9.48. The summed E-state index contributed by atoms with van der Waals surface area (Å²) in [6, 6.07) is 0. The molecule has 4 unspecified atom stereocenters. The zero-order valence-electron chi connectivity index (χ0n) is 20.7. The van der Waals surface area contributed by atoms with Gasteiger partial charge in [-0.25, -0.2) is 0 Å².